The van der Waals surface area contributed by atoms with Crippen LogP contribution < -0.4 is 5.32 Å². The van der Waals surface area contributed by atoms with Crippen LogP contribution in [0.5, 0.6) is 0 Å². The number of nitrogens with zero attached hydrogens (tertiary/aromatic N) is 4. The second-order valence-electron chi connectivity index (χ2n) is 6.35. The molecule has 0 saturated carbocycles. The predicted octanol–water partition coefficient (Wildman–Crippen LogP) is 1.40. The number of aromatic nitrogens is 3. The van der Waals surface area contributed by atoms with Crippen molar-refractivity contribution in [2.45, 2.75) is 52.2 Å². The SMILES string of the molecule is CNC(Cc1ncnn1CC(C)C)C(C)(C)N(C)C. The molecule has 0 aliphatic rings. The zero-order valence-electron chi connectivity index (χ0n) is 13.4. The maximum atomic E-state index is 4.42. The molecule has 0 amide bonds. The summed E-state index contributed by atoms with van der Waals surface area (Å²) in [7, 11) is 6.24. The lowest BCUT2D eigenvalue weighted by Gasteiger charge is -2.40. The van der Waals surface area contributed by atoms with Crippen LogP contribution in [0.25, 0.3) is 0 Å². The predicted molar refractivity (Wildman–Crippen MR) is 79.2 cm³/mol. The highest BCUT2D eigenvalue weighted by Gasteiger charge is 2.31. The third kappa shape index (κ3) is 4.01. The van der Waals surface area contributed by atoms with Gasteiger partial charge in [0, 0.05) is 24.5 Å². The largest absolute Gasteiger partial charge is 0.315 e. The van der Waals surface area contributed by atoms with E-state index in [2.05, 4.69) is 62.1 Å². The van der Waals surface area contributed by atoms with E-state index in [4.69, 9.17) is 0 Å². The Kier molecular flexibility index (Phi) is 5.50. The Balaban J connectivity index is 2.85. The molecule has 0 radical (unpaired) electrons. The second-order valence-corrected chi connectivity index (χ2v) is 6.35. The molecule has 0 aromatic carbocycles. The molecular formula is C14H29N5. The molecule has 0 aliphatic carbocycles. The van der Waals surface area contributed by atoms with Gasteiger partial charge in [0.15, 0.2) is 0 Å². The normalized spacial score (nSPS) is 14.4. The number of likely N-dealkylation sites (N-methyl/N-ethyl adjacent to an activating group) is 2. The van der Waals surface area contributed by atoms with Gasteiger partial charge < -0.3 is 10.2 Å². The van der Waals surface area contributed by atoms with E-state index in [0.29, 0.717) is 12.0 Å². The quantitative estimate of drug-likeness (QED) is 0.811. The standard InChI is InChI=1S/C14H29N5/c1-11(2)9-19-13(16-10-17-19)8-12(15-5)14(3,4)18(6)7/h10-12,15H,8-9H2,1-7H3. The van der Waals surface area contributed by atoms with Crippen molar-refractivity contribution in [1.82, 2.24) is 25.0 Å². The third-order valence-electron chi connectivity index (χ3n) is 3.97. The first-order chi connectivity index (χ1) is 8.78. The van der Waals surface area contributed by atoms with E-state index in [9.17, 15) is 0 Å². The zero-order valence-corrected chi connectivity index (χ0v) is 13.4. The summed E-state index contributed by atoms with van der Waals surface area (Å²) in [6.07, 6.45) is 2.54. The maximum absolute atomic E-state index is 4.42. The van der Waals surface area contributed by atoms with Gasteiger partial charge in [-0.15, -0.1) is 0 Å². The third-order valence-corrected chi connectivity index (χ3v) is 3.97. The summed E-state index contributed by atoms with van der Waals surface area (Å²) >= 11 is 0. The summed E-state index contributed by atoms with van der Waals surface area (Å²) in [6, 6.07) is 0.331. The second kappa shape index (κ2) is 6.48. The molecule has 1 heterocycles. The van der Waals surface area contributed by atoms with Crippen LogP contribution in [-0.2, 0) is 13.0 Å². The molecular weight excluding hydrogens is 238 g/mol. The van der Waals surface area contributed by atoms with E-state index in [0.717, 1.165) is 18.8 Å². The molecule has 0 bridgehead atoms. The van der Waals surface area contributed by atoms with Gasteiger partial charge in [-0.25, -0.2) is 9.67 Å². The minimum Gasteiger partial charge on any atom is -0.315 e. The average molecular weight is 267 g/mol. The summed E-state index contributed by atoms with van der Waals surface area (Å²) in [5.74, 6) is 1.64. The summed E-state index contributed by atoms with van der Waals surface area (Å²) in [5.41, 5.74) is 0.0589. The minimum atomic E-state index is 0.0589. The van der Waals surface area contributed by atoms with Gasteiger partial charge in [0.2, 0.25) is 0 Å². The summed E-state index contributed by atoms with van der Waals surface area (Å²) < 4.78 is 2.03. The maximum Gasteiger partial charge on any atom is 0.138 e. The van der Waals surface area contributed by atoms with Crippen molar-refractivity contribution in [3.63, 3.8) is 0 Å². The van der Waals surface area contributed by atoms with Crippen molar-refractivity contribution in [1.29, 1.82) is 0 Å². The molecule has 5 nitrogen and oxygen atoms in total. The fourth-order valence-corrected chi connectivity index (χ4v) is 2.14. The Bertz CT molecular complexity index is 381. The Labute approximate surface area is 117 Å². The lowest BCUT2D eigenvalue weighted by molar-refractivity contribution is 0.139. The molecule has 1 N–H and O–H groups in total. The van der Waals surface area contributed by atoms with Gasteiger partial charge in [0.05, 0.1) is 0 Å². The topological polar surface area (TPSA) is 46.0 Å². The van der Waals surface area contributed by atoms with E-state index in [1.165, 1.54) is 0 Å². The molecule has 19 heavy (non-hydrogen) atoms. The van der Waals surface area contributed by atoms with Crippen molar-refractivity contribution in [3.05, 3.63) is 12.2 Å². The van der Waals surface area contributed by atoms with Crippen molar-refractivity contribution in [2.24, 2.45) is 5.92 Å². The number of hydrogen-bond donors (Lipinski definition) is 1. The van der Waals surface area contributed by atoms with Crippen molar-refractivity contribution >= 4 is 0 Å². The van der Waals surface area contributed by atoms with Crippen LogP contribution in [0.3, 0.4) is 0 Å². The van der Waals surface area contributed by atoms with E-state index >= 15 is 0 Å². The summed E-state index contributed by atoms with van der Waals surface area (Å²) in [4.78, 5) is 6.67. The van der Waals surface area contributed by atoms with Crippen molar-refractivity contribution < 1.29 is 0 Å². The number of nitrogens with one attached hydrogen (secondary N) is 1. The van der Waals surface area contributed by atoms with Gasteiger partial charge in [0.25, 0.3) is 0 Å². The van der Waals surface area contributed by atoms with Gasteiger partial charge in [0.1, 0.15) is 12.2 Å². The smallest absolute Gasteiger partial charge is 0.138 e. The Hall–Kier alpha value is -0.940. The Morgan fingerprint density at radius 3 is 2.47 bits per heavy atom. The van der Waals surface area contributed by atoms with Gasteiger partial charge in [-0.2, -0.15) is 5.10 Å². The van der Waals surface area contributed by atoms with Crippen LogP contribution in [0.15, 0.2) is 6.33 Å². The first kappa shape index (κ1) is 16.1. The molecule has 1 aromatic rings. The van der Waals surface area contributed by atoms with E-state index in [-0.39, 0.29) is 5.54 Å². The van der Waals surface area contributed by atoms with Crippen LogP contribution in [0.1, 0.15) is 33.5 Å². The highest BCUT2D eigenvalue weighted by molar-refractivity contribution is 4.99. The van der Waals surface area contributed by atoms with E-state index in [1.54, 1.807) is 6.33 Å². The van der Waals surface area contributed by atoms with Gasteiger partial charge in [-0.3, -0.25) is 0 Å². The van der Waals surface area contributed by atoms with Crippen molar-refractivity contribution in [2.75, 3.05) is 21.1 Å². The molecule has 0 aliphatic heterocycles. The molecule has 1 unspecified atom stereocenters. The lowest BCUT2D eigenvalue weighted by atomic mass is 9.90. The fraction of sp³-hybridized carbons (Fsp3) is 0.857. The lowest BCUT2D eigenvalue weighted by Crippen LogP contribution is -2.55. The van der Waals surface area contributed by atoms with Gasteiger partial charge in [-0.05, 0) is 40.9 Å². The molecule has 0 saturated heterocycles. The Morgan fingerprint density at radius 1 is 1.37 bits per heavy atom. The highest BCUT2D eigenvalue weighted by Crippen LogP contribution is 2.19. The van der Waals surface area contributed by atoms with Crippen LogP contribution in [0, 0.1) is 5.92 Å². The molecule has 1 atom stereocenters. The molecule has 1 aromatic heterocycles. The monoisotopic (exact) mass is 267 g/mol. The van der Waals surface area contributed by atoms with Crippen LogP contribution >= 0.6 is 0 Å². The zero-order chi connectivity index (χ0) is 14.6. The number of hydrogen-bond acceptors (Lipinski definition) is 4. The van der Waals surface area contributed by atoms with Crippen molar-refractivity contribution in [3.8, 4) is 0 Å². The molecule has 110 valence electrons. The average Bonchev–Trinajstić information content (AvgIpc) is 2.71. The fourth-order valence-electron chi connectivity index (χ4n) is 2.14. The molecule has 5 heteroatoms. The van der Waals surface area contributed by atoms with Gasteiger partial charge >= 0.3 is 0 Å². The van der Waals surface area contributed by atoms with E-state index in [1.807, 2.05) is 11.7 Å². The summed E-state index contributed by atoms with van der Waals surface area (Å²) in [6.45, 7) is 9.82. The number of rotatable bonds is 7. The van der Waals surface area contributed by atoms with Crippen LogP contribution in [-0.4, -0.2) is 52.4 Å². The van der Waals surface area contributed by atoms with Crippen LogP contribution in [0.4, 0.5) is 0 Å². The van der Waals surface area contributed by atoms with Gasteiger partial charge in [-0.1, -0.05) is 13.8 Å². The molecule has 1 rings (SSSR count). The molecule has 0 spiro atoms. The minimum absolute atomic E-state index is 0.0589. The Morgan fingerprint density at radius 2 is 2.00 bits per heavy atom. The first-order valence-corrected chi connectivity index (χ1v) is 7.00. The summed E-state index contributed by atoms with van der Waals surface area (Å²) in [5, 5.41) is 7.75. The first-order valence-electron chi connectivity index (χ1n) is 7.00. The molecule has 0 fully saturated rings. The van der Waals surface area contributed by atoms with Crippen LogP contribution in [0.2, 0.25) is 0 Å². The van der Waals surface area contributed by atoms with E-state index < -0.39 is 0 Å². The highest BCUT2D eigenvalue weighted by atomic mass is 15.3.